The Bertz CT molecular complexity index is 306. The Labute approximate surface area is 92.7 Å². The minimum Gasteiger partial charge on any atom is -0.490 e. The maximum atomic E-state index is 5.74. The second-order valence-corrected chi connectivity index (χ2v) is 4.05. The predicted molar refractivity (Wildman–Crippen MR) is 56.4 cm³/mol. The van der Waals surface area contributed by atoms with Gasteiger partial charge in [0.2, 0.25) is 0 Å². The lowest BCUT2D eigenvalue weighted by molar-refractivity contribution is 0.205. The van der Waals surface area contributed by atoms with Crippen molar-refractivity contribution in [2.45, 2.75) is 5.60 Å². The molecule has 14 heavy (non-hydrogen) atoms. The largest absolute Gasteiger partial charge is 0.490 e. The fourth-order valence-corrected chi connectivity index (χ4v) is 1.40. The molecule has 1 unspecified atom stereocenters. The van der Waals surface area contributed by atoms with Crippen molar-refractivity contribution >= 4 is 23.2 Å². The van der Waals surface area contributed by atoms with E-state index in [-0.39, 0.29) is 5.60 Å². The van der Waals surface area contributed by atoms with Gasteiger partial charge < -0.3 is 9.47 Å². The van der Waals surface area contributed by atoms with Gasteiger partial charge in [-0.3, -0.25) is 0 Å². The fraction of sp³-hybridized carbons (Fsp3) is 0.400. The van der Waals surface area contributed by atoms with Crippen molar-refractivity contribution in [3.8, 4) is 5.75 Å². The van der Waals surface area contributed by atoms with Gasteiger partial charge in [-0.25, -0.2) is 0 Å². The summed E-state index contributed by atoms with van der Waals surface area (Å²) in [6, 6.07) is 7.23. The van der Waals surface area contributed by atoms with Crippen molar-refractivity contribution in [2.24, 2.45) is 0 Å². The van der Waals surface area contributed by atoms with E-state index < -0.39 is 0 Å². The van der Waals surface area contributed by atoms with Gasteiger partial charge in [-0.05, 0) is 24.3 Å². The molecule has 1 saturated heterocycles. The van der Waals surface area contributed by atoms with E-state index in [9.17, 15) is 0 Å². The Balaban J connectivity index is 1.89. The van der Waals surface area contributed by atoms with Crippen LogP contribution >= 0.6 is 23.2 Å². The Morgan fingerprint density at radius 3 is 2.50 bits per heavy atom. The zero-order chi connectivity index (χ0) is 10.0. The van der Waals surface area contributed by atoms with Gasteiger partial charge in [0, 0.05) is 5.02 Å². The first-order valence-electron chi connectivity index (χ1n) is 4.32. The van der Waals surface area contributed by atoms with Gasteiger partial charge in [0.05, 0.1) is 12.5 Å². The number of epoxide rings is 1. The van der Waals surface area contributed by atoms with E-state index in [1.54, 1.807) is 12.1 Å². The number of halogens is 2. The van der Waals surface area contributed by atoms with Crippen molar-refractivity contribution in [2.75, 3.05) is 19.1 Å². The van der Waals surface area contributed by atoms with Gasteiger partial charge in [0.15, 0.2) is 0 Å². The molecular formula is C10H10Cl2O2. The minimum absolute atomic E-state index is 0.249. The van der Waals surface area contributed by atoms with Crippen molar-refractivity contribution in [1.29, 1.82) is 0 Å². The molecule has 1 aliphatic heterocycles. The predicted octanol–water partition coefficient (Wildman–Crippen LogP) is 2.73. The molecule has 2 rings (SSSR count). The molecule has 0 aliphatic carbocycles. The molecule has 1 aromatic carbocycles. The van der Waals surface area contributed by atoms with Crippen LogP contribution in [-0.2, 0) is 4.74 Å². The molecule has 76 valence electrons. The van der Waals surface area contributed by atoms with E-state index in [4.69, 9.17) is 32.7 Å². The molecule has 2 nitrogen and oxygen atoms in total. The molecule has 1 aromatic rings. The first kappa shape index (κ1) is 10.1. The summed E-state index contributed by atoms with van der Waals surface area (Å²) in [5.41, 5.74) is -0.249. The number of rotatable bonds is 4. The fourth-order valence-electron chi connectivity index (χ4n) is 1.05. The van der Waals surface area contributed by atoms with E-state index >= 15 is 0 Å². The molecule has 0 saturated carbocycles. The molecule has 0 N–H and O–H groups in total. The molecule has 1 aliphatic rings. The normalized spacial score (nSPS) is 24.7. The minimum atomic E-state index is -0.249. The molecule has 0 amide bonds. The topological polar surface area (TPSA) is 21.8 Å². The molecule has 0 aromatic heterocycles. The van der Waals surface area contributed by atoms with Crippen LogP contribution < -0.4 is 4.74 Å². The van der Waals surface area contributed by atoms with Crippen LogP contribution in [0.3, 0.4) is 0 Å². The number of ether oxygens (including phenoxy) is 2. The van der Waals surface area contributed by atoms with E-state index in [1.165, 1.54) is 0 Å². The van der Waals surface area contributed by atoms with Crippen molar-refractivity contribution in [1.82, 2.24) is 0 Å². The SMILES string of the molecule is ClCC1(COc2ccc(Cl)cc2)CO1. The Hall–Kier alpha value is -0.440. The maximum absolute atomic E-state index is 5.74. The van der Waals surface area contributed by atoms with Gasteiger partial charge in [-0.2, -0.15) is 0 Å². The first-order valence-corrected chi connectivity index (χ1v) is 5.24. The molecule has 1 heterocycles. The number of hydrogen-bond acceptors (Lipinski definition) is 2. The molecule has 0 bridgehead atoms. The smallest absolute Gasteiger partial charge is 0.139 e. The van der Waals surface area contributed by atoms with Crippen LogP contribution in [0.5, 0.6) is 5.75 Å². The summed E-state index contributed by atoms with van der Waals surface area (Å²) in [5.74, 6) is 1.26. The van der Waals surface area contributed by atoms with E-state index in [0.717, 1.165) is 5.75 Å². The first-order chi connectivity index (χ1) is 6.74. The molecule has 0 spiro atoms. The van der Waals surface area contributed by atoms with Crippen LogP contribution in [0.15, 0.2) is 24.3 Å². The van der Waals surface area contributed by atoms with E-state index in [1.807, 2.05) is 12.1 Å². The highest BCUT2D eigenvalue weighted by Crippen LogP contribution is 2.29. The summed E-state index contributed by atoms with van der Waals surface area (Å²) < 4.78 is 10.7. The summed E-state index contributed by atoms with van der Waals surface area (Å²) >= 11 is 11.5. The van der Waals surface area contributed by atoms with Gasteiger partial charge in [-0.1, -0.05) is 11.6 Å². The van der Waals surface area contributed by atoms with Gasteiger partial charge in [0.1, 0.15) is 18.0 Å². The Kier molecular flexibility index (Phi) is 2.86. The van der Waals surface area contributed by atoms with Crippen molar-refractivity contribution < 1.29 is 9.47 Å². The third-order valence-corrected chi connectivity index (χ3v) is 2.85. The quantitative estimate of drug-likeness (QED) is 0.589. The van der Waals surface area contributed by atoms with Crippen LogP contribution in [0.4, 0.5) is 0 Å². The van der Waals surface area contributed by atoms with Gasteiger partial charge >= 0.3 is 0 Å². The maximum Gasteiger partial charge on any atom is 0.139 e. The molecule has 4 heteroatoms. The summed E-state index contributed by atoms with van der Waals surface area (Å²) in [4.78, 5) is 0. The van der Waals surface area contributed by atoms with Gasteiger partial charge in [-0.15, -0.1) is 11.6 Å². The Morgan fingerprint density at radius 2 is 2.00 bits per heavy atom. The van der Waals surface area contributed by atoms with Crippen LogP contribution in [0.2, 0.25) is 5.02 Å². The average molecular weight is 233 g/mol. The summed E-state index contributed by atoms with van der Waals surface area (Å²) in [7, 11) is 0. The third kappa shape index (κ3) is 2.32. The van der Waals surface area contributed by atoms with Crippen LogP contribution in [0.1, 0.15) is 0 Å². The number of alkyl halides is 1. The molecule has 1 fully saturated rings. The Morgan fingerprint density at radius 1 is 1.36 bits per heavy atom. The number of hydrogen-bond donors (Lipinski definition) is 0. The highest BCUT2D eigenvalue weighted by molar-refractivity contribution is 6.30. The highest BCUT2D eigenvalue weighted by atomic mass is 35.5. The van der Waals surface area contributed by atoms with Gasteiger partial charge in [0.25, 0.3) is 0 Å². The highest BCUT2D eigenvalue weighted by Gasteiger charge is 2.45. The lowest BCUT2D eigenvalue weighted by Gasteiger charge is -2.10. The lowest BCUT2D eigenvalue weighted by atomic mass is 10.2. The monoisotopic (exact) mass is 232 g/mol. The average Bonchev–Trinajstić information content (AvgIpc) is 2.98. The molecular weight excluding hydrogens is 223 g/mol. The number of benzene rings is 1. The van der Waals surface area contributed by atoms with Crippen molar-refractivity contribution in [3.05, 3.63) is 29.3 Å². The second-order valence-electron chi connectivity index (χ2n) is 3.35. The molecule has 0 radical (unpaired) electrons. The summed E-state index contributed by atoms with van der Waals surface area (Å²) in [5, 5.41) is 0.701. The summed E-state index contributed by atoms with van der Waals surface area (Å²) in [6.07, 6.45) is 0. The van der Waals surface area contributed by atoms with Crippen LogP contribution in [0.25, 0.3) is 0 Å². The van der Waals surface area contributed by atoms with Crippen LogP contribution in [0, 0.1) is 0 Å². The third-order valence-electron chi connectivity index (χ3n) is 2.11. The zero-order valence-electron chi connectivity index (χ0n) is 7.50. The lowest BCUT2D eigenvalue weighted by Crippen LogP contribution is -2.23. The van der Waals surface area contributed by atoms with Crippen LogP contribution in [-0.4, -0.2) is 24.7 Å². The molecule has 1 atom stereocenters. The standard InChI is InChI=1S/C10H10Cl2O2/c11-5-10(7-14-10)6-13-9-3-1-8(12)2-4-9/h1-4H,5-7H2. The van der Waals surface area contributed by atoms with E-state index in [2.05, 4.69) is 0 Å². The van der Waals surface area contributed by atoms with Crippen molar-refractivity contribution in [3.63, 3.8) is 0 Å². The summed E-state index contributed by atoms with van der Waals surface area (Å²) in [6.45, 7) is 1.18. The second kappa shape index (κ2) is 3.97. The van der Waals surface area contributed by atoms with E-state index in [0.29, 0.717) is 24.1 Å². The zero-order valence-corrected chi connectivity index (χ0v) is 9.02.